The van der Waals surface area contributed by atoms with Gasteiger partial charge in [-0.25, -0.2) is 9.18 Å². The molecule has 2 unspecified atom stereocenters. The molecule has 2 bridgehead atoms. The maximum Gasteiger partial charge on any atom is 0.410 e. The summed E-state index contributed by atoms with van der Waals surface area (Å²) in [7, 11) is 1.51. The van der Waals surface area contributed by atoms with Gasteiger partial charge in [0.1, 0.15) is 18.2 Å². The van der Waals surface area contributed by atoms with Gasteiger partial charge in [0.2, 0.25) is 0 Å². The zero-order valence-electron chi connectivity index (χ0n) is 19.6. The normalized spacial score (nSPS) is 24.7. The van der Waals surface area contributed by atoms with Gasteiger partial charge in [0.25, 0.3) is 0 Å². The third-order valence-corrected chi connectivity index (χ3v) is 7.98. The fourth-order valence-electron chi connectivity index (χ4n) is 6.46. The standard InChI is InChI=1S/C29H28FNO4/c1-34-27-13-10-18(30)14-26(27)29(33)15-19-11-12-20(16-29)31(19)28(32)35-17-25-23-8-4-2-6-21(23)22-7-3-5-9-24(22)25/h2-10,13-14,19-20,25,33H,11-12,15-17H2,1H3. The largest absolute Gasteiger partial charge is 0.496 e. The summed E-state index contributed by atoms with van der Waals surface area (Å²) in [5, 5.41) is 11.6. The van der Waals surface area contributed by atoms with E-state index >= 15 is 0 Å². The van der Waals surface area contributed by atoms with Crippen LogP contribution in [0.25, 0.3) is 11.1 Å². The molecule has 5 nitrogen and oxygen atoms in total. The average Bonchev–Trinajstić information content (AvgIpc) is 3.34. The third kappa shape index (κ3) is 3.59. The molecule has 3 aliphatic rings. The van der Waals surface area contributed by atoms with Crippen LogP contribution in [0.5, 0.6) is 5.75 Å². The molecule has 1 amide bonds. The summed E-state index contributed by atoms with van der Waals surface area (Å²) in [6.45, 7) is 0.269. The third-order valence-electron chi connectivity index (χ3n) is 7.98. The molecule has 1 N–H and O–H groups in total. The van der Waals surface area contributed by atoms with Crippen LogP contribution in [0.15, 0.2) is 66.7 Å². The van der Waals surface area contributed by atoms with Crippen molar-refractivity contribution in [2.75, 3.05) is 13.7 Å². The zero-order valence-corrected chi connectivity index (χ0v) is 19.6. The van der Waals surface area contributed by atoms with Crippen molar-refractivity contribution in [1.29, 1.82) is 0 Å². The fraction of sp³-hybridized carbons (Fsp3) is 0.345. The molecule has 0 radical (unpaired) electrons. The van der Waals surface area contributed by atoms with Gasteiger partial charge in [0, 0.05) is 36.4 Å². The molecule has 2 heterocycles. The van der Waals surface area contributed by atoms with E-state index in [4.69, 9.17) is 9.47 Å². The number of ether oxygens (including phenoxy) is 2. The number of fused-ring (bicyclic) bond motifs is 5. The Balaban J connectivity index is 1.20. The van der Waals surface area contributed by atoms with Crippen molar-refractivity contribution >= 4 is 6.09 Å². The molecule has 2 fully saturated rings. The first-order valence-electron chi connectivity index (χ1n) is 12.2. The van der Waals surface area contributed by atoms with E-state index in [1.54, 1.807) is 11.0 Å². The molecule has 0 saturated carbocycles. The number of hydrogen-bond donors (Lipinski definition) is 1. The van der Waals surface area contributed by atoms with Crippen LogP contribution in [0.2, 0.25) is 0 Å². The first-order valence-corrected chi connectivity index (χ1v) is 12.2. The van der Waals surface area contributed by atoms with Crippen LogP contribution in [0.4, 0.5) is 9.18 Å². The minimum absolute atomic E-state index is 0.00211. The Hall–Kier alpha value is -3.38. The molecule has 35 heavy (non-hydrogen) atoms. The molecule has 3 aromatic rings. The van der Waals surface area contributed by atoms with Crippen molar-refractivity contribution in [2.24, 2.45) is 0 Å². The van der Waals surface area contributed by atoms with Gasteiger partial charge in [0.05, 0.1) is 12.7 Å². The van der Waals surface area contributed by atoms with Crippen LogP contribution in [0.3, 0.4) is 0 Å². The molecule has 180 valence electrons. The molecule has 2 atom stereocenters. The number of benzene rings is 3. The maximum atomic E-state index is 14.0. The second-order valence-corrected chi connectivity index (χ2v) is 9.88. The highest BCUT2D eigenvalue weighted by atomic mass is 19.1. The van der Waals surface area contributed by atoms with Crippen molar-refractivity contribution < 1.29 is 23.8 Å². The number of carbonyl (C=O) groups excluding carboxylic acids is 1. The predicted molar refractivity (Wildman–Crippen MR) is 130 cm³/mol. The van der Waals surface area contributed by atoms with Crippen molar-refractivity contribution in [3.63, 3.8) is 0 Å². The summed E-state index contributed by atoms with van der Waals surface area (Å²) in [5.41, 5.74) is 3.93. The van der Waals surface area contributed by atoms with Crippen molar-refractivity contribution in [3.8, 4) is 16.9 Å². The van der Waals surface area contributed by atoms with Gasteiger partial charge in [-0.3, -0.25) is 0 Å². The molecular formula is C29H28FNO4. The number of nitrogens with zero attached hydrogens (tertiary/aromatic N) is 1. The first-order chi connectivity index (χ1) is 17.0. The second kappa shape index (κ2) is 8.38. The number of methoxy groups -OCH3 is 1. The van der Waals surface area contributed by atoms with Crippen LogP contribution in [-0.4, -0.2) is 41.9 Å². The quantitative estimate of drug-likeness (QED) is 0.536. The second-order valence-electron chi connectivity index (χ2n) is 9.88. The Kier molecular flexibility index (Phi) is 5.29. The lowest BCUT2D eigenvalue weighted by molar-refractivity contribution is -0.0544. The molecule has 2 aliphatic heterocycles. The van der Waals surface area contributed by atoms with Gasteiger partial charge < -0.3 is 19.5 Å². The van der Waals surface area contributed by atoms with E-state index in [2.05, 4.69) is 24.3 Å². The van der Waals surface area contributed by atoms with Gasteiger partial charge in [-0.1, -0.05) is 48.5 Å². The van der Waals surface area contributed by atoms with Crippen molar-refractivity contribution in [1.82, 2.24) is 4.90 Å². The number of aliphatic hydroxyl groups is 1. The SMILES string of the molecule is COc1ccc(F)cc1C1(O)CC2CCC(C1)N2C(=O)OCC1c2ccccc2-c2ccccc21. The zero-order chi connectivity index (χ0) is 24.2. The highest BCUT2D eigenvalue weighted by Crippen LogP contribution is 2.49. The number of carbonyl (C=O) groups is 1. The van der Waals surface area contributed by atoms with Crippen molar-refractivity contribution in [2.45, 2.75) is 49.3 Å². The summed E-state index contributed by atoms with van der Waals surface area (Å²) in [5.74, 6) is 0.0470. The molecule has 6 rings (SSSR count). The number of piperidine rings is 1. The summed E-state index contributed by atoms with van der Waals surface area (Å²) in [6.07, 6.45) is 1.89. The van der Waals surface area contributed by atoms with Crippen LogP contribution in [-0.2, 0) is 10.3 Å². The number of hydrogen-bond acceptors (Lipinski definition) is 4. The van der Waals surface area contributed by atoms with Crippen LogP contribution in [0.1, 0.15) is 48.3 Å². The van der Waals surface area contributed by atoms with E-state index in [0.29, 0.717) is 24.2 Å². The lowest BCUT2D eigenvalue weighted by atomic mass is 9.80. The van der Waals surface area contributed by atoms with E-state index < -0.39 is 11.4 Å². The minimum Gasteiger partial charge on any atom is -0.496 e. The Morgan fingerprint density at radius 3 is 2.20 bits per heavy atom. The fourth-order valence-corrected chi connectivity index (χ4v) is 6.46. The number of halogens is 1. The van der Waals surface area contributed by atoms with E-state index in [9.17, 15) is 14.3 Å². The average molecular weight is 474 g/mol. The Labute approximate surface area is 204 Å². The highest BCUT2D eigenvalue weighted by molar-refractivity contribution is 5.79. The predicted octanol–water partition coefficient (Wildman–Crippen LogP) is 5.60. The first kappa shape index (κ1) is 22.1. The van der Waals surface area contributed by atoms with Crippen LogP contribution < -0.4 is 4.74 Å². The molecule has 2 saturated heterocycles. The molecule has 0 spiro atoms. The van der Waals surface area contributed by atoms with Gasteiger partial charge in [0.15, 0.2) is 0 Å². The Morgan fingerprint density at radius 2 is 1.60 bits per heavy atom. The summed E-state index contributed by atoms with van der Waals surface area (Å²) in [6, 6.07) is 20.4. The molecule has 6 heteroatoms. The van der Waals surface area contributed by atoms with Gasteiger partial charge in [-0.15, -0.1) is 0 Å². The van der Waals surface area contributed by atoms with E-state index in [1.165, 1.54) is 41.5 Å². The molecule has 1 aliphatic carbocycles. The van der Waals surface area contributed by atoms with Crippen LogP contribution in [0, 0.1) is 5.82 Å². The van der Waals surface area contributed by atoms with Gasteiger partial charge in [-0.2, -0.15) is 0 Å². The van der Waals surface area contributed by atoms with Gasteiger partial charge >= 0.3 is 6.09 Å². The summed E-state index contributed by atoms with van der Waals surface area (Å²) in [4.78, 5) is 15.1. The number of amides is 1. The van der Waals surface area contributed by atoms with E-state index in [1.807, 2.05) is 24.3 Å². The lowest BCUT2D eigenvalue weighted by Crippen LogP contribution is -2.52. The maximum absolute atomic E-state index is 14.0. The lowest BCUT2D eigenvalue weighted by Gasteiger charge is -2.43. The summed E-state index contributed by atoms with van der Waals surface area (Å²) < 4.78 is 25.4. The minimum atomic E-state index is -1.25. The molecular weight excluding hydrogens is 445 g/mol. The van der Waals surface area contributed by atoms with Crippen LogP contribution >= 0.6 is 0 Å². The topological polar surface area (TPSA) is 59.0 Å². The molecule has 0 aromatic heterocycles. The van der Waals surface area contributed by atoms with Gasteiger partial charge in [-0.05, 0) is 53.3 Å². The monoisotopic (exact) mass is 473 g/mol. The smallest absolute Gasteiger partial charge is 0.410 e. The molecule has 3 aromatic carbocycles. The van der Waals surface area contributed by atoms with E-state index in [-0.39, 0.29) is 30.7 Å². The number of rotatable bonds is 4. The summed E-state index contributed by atoms with van der Waals surface area (Å²) >= 11 is 0. The van der Waals surface area contributed by atoms with Crippen molar-refractivity contribution in [3.05, 3.63) is 89.2 Å². The highest BCUT2D eigenvalue weighted by Gasteiger charge is 2.51. The Morgan fingerprint density at radius 1 is 1.00 bits per heavy atom. The Bertz CT molecular complexity index is 1230. The van der Waals surface area contributed by atoms with E-state index in [0.717, 1.165) is 12.8 Å².